The number of benzene rings is 2. The minimum absolute atomic E-state index is 0.124. The Morgan fingerprint density at radius 2 is 1.58 bits per heavy atom. The fourth-order valence-electron chi connectivity index (χ4n) is 1.96. The fourth-order valence-corrected chi connectivity index (χ4v) is 1.96. The van der Waals surface area contributed by atoms with Crippen LogP contribution in [-0.4, -0.2) is 16.8 Å². The van der Waals surface area contributed by atoms with E-state index in [9.17, 15) is 10.2 Å². The minimum Gasteiger partial charge on any atom is -0.508 e. The van der Waals surface area contributed by atoms with Crippen molar-refractivity contribution in [1.82, 2.24) is 5.32 Å². The maximum absolute atomic E-state index is 10.1. The zero-order chi connectivity index (χ0) is 13.7. The van der Waals surface area contributed by atoms with Gasteiger partial charge >= 0.3 is 0 Å². The topological polar surface area (TPSA) is 52.5 Å². The van der Waals surface area contributed by atoms with Crippen molar-refractivity contribution in [3.8, 4) is 5.75 Å². The summed E-state index contributed by atoms with van der Waals surface area (Å²) in [6.07, 6.45) is -0.513. The van der Waals surface area contributed by atoms with Crippen molar-refractivity contribution in [1.29, 1.82) is 0 Å². The molecule has 0 aliphatic carbocycles. The third-order valence-electron chi connectivity index (χ3n) is 3.19. The number of phenols is 1. The molecular formula is C16H19NO2. The van der Waals surface area contributed by atoms with Gasteiger partial charge < -0.3 is 15.5 Å². The van der Waals surface area contributed by atoms with Crippen LogP contribution >= 0.6 is 0 Å². The summed E-state index contributed by atoms with van der Waals surface area (Å²) in [5.41, 5.74) is 1.99. The number of rotatable bonds is 5. The van der Waals surface area contributed by atoms with E-state index in [1.54, 1.807) is 12.1 Å². The third-order valence-corrected chi connectivity index (χ3v) is 3.19. The van der Waals surface area contributed by atoms with Gasteiger partial charge in [0.2, 0.25) is 0 Å². The van der Waals surface area contributed by atoms with Crippen LogP contribution in [-0.2, 0) is 0 Å². The maximum atomic E-state index is 10.1. The van der Waals surface area contributed by atoms with Gasteiger partial charge in [-0.05, 0) is 30.2 Å². The molecule has 100 valence electrons. The molecule has 3 nitrogen and oxygen atoms in total. The lowest BCUT2D eigenvalue weighted by Gasteiger charge is -2.17. The molecule has 0 heterocycles. The zero-order valence-electron chi connectivity index (χ0n) is 11.0. The monoisotopic (exact) mass is 257 g/mol. The summed E-state index contributed by atoms with van der Waals surface area (Å²) in [6, 6.07) is 16.8. The van der Waals surface area contributed by atoms with Crippen molar-refractivity contribution in [2.24, 2.45) is 0 Å². The summed E-state index contributed by atoms with van der Waals surface area (Å²) in [5.74, 6) is 0.264. The predicted molar refractivity (Wildman–Crippen MR) is 75.9 cm³/mol. The first-order valence-corrected chi connectivity index (χ1v) is 6.42. The van der Waals surface area contributed by atoms with Gasteiger partial charge in [-0.3, -0.25) is 0 Å². The molecule has 0 radical (unpaired) electrons. The zero-order valence-corrected chi connectivity index (χ0v) is 11.0. The van der Waals surface area contributed by atoms with Crippen LogP contribution in [0.4, 0.5) is 0 Å². The van der Waals surface area contributed by atoms with E-state index in [4.69, 9.17) is 0 Å². The molecule has 0 aliphatic rings. The number of nitrogens with one attached hydrogen (secondary N) is 1. The lowest BCUT2D eigenvalue weighted by Crippen LogP contribution is -2.24. The standard InChI is InChI=1S/C16H19NO2/c1-12(13-7-9-15(18)10-8-13)17-11-16(19)14-5-3-2-4-6-14/h2-10,12,16-19H,11H2,1H3. The number of aliphatic hydroxyl groups is 1. The smallest absolute Gasteiger partial charge is 0.115 e. The van der Waals surface area contributed by atoms with Crippen LogP contribution in [0.3, 0.4) is 0 Å². The number of aromatic hydroxyl groups is 1. The molecule has 19 heavy (non-hydrogen) atoms. The average Bonchev–Trinajstić information content (AvgIpc) is 2.46. The average molecular weight is 257 g/mol. The lowest BCUT2D eigenvalue weighted by atomic mass is 10.1. The highest BCUT2D eigenvalue weighted by Gasteiger charge is 2.10. The molecule has 0 saturated carbocycles. The first-order chi connectivity index (χ1) is 9.16. The van der Waals surface area contributed by atoms with Crippen LogP contribution < -0.4 is 5.32 Å². The van der Waals surface area contributed by atoms with Crippen molar-refractivity contribution in [2.45, 2.75) is 19.1 Å². The molecule has 0 bridgehead atoms. The van der Waals surface area contributed by atoms with Crippen LogP contribution in [0, 0.1) is 0 Å². The van der Waals surface area contributed by atoms with Crippen LogP contribution in [0.2, 0.25) is 0 Å². The predicted octanol–water partition coefficient (Wildman–Crippen LogP) is 2.78. The van der Waals surface area contributed by atoms with Crippen molar-refractivity contribution in [2.75, 3.05) is 6.54 Å². The van der Waals surface area contributed by atoms with Crippen molar-refractivity contribution in [3.63, 3.8) is 0 Å². The summed E-state index contributed by atoms with van der Waals surface area (Å²) in [5, 5.41) is 22.6. The first kappa shape index (κ1) is 13.6. The molecule has 0 aromatic heterocycles. The van der Waals surface area contributed by atoms with Crippen LogP contribution in [0.1, 0.15) is 30.2 Å². The fraction of sp³-hybridized carbons (Fsp3) is 0.250. The molecule has 2 aromatic rings. The number of phenolic OH excluding ortho intramolecular Hbond substituents is 1. The Morgan fingerprint density at radius 3 is 2.21 bits per heavy atom. The Labute approximate surface area is 113 Å². The molecule has 3 N–H and O–H groups in total. The quantitative estimate of drug-likeness (QED) is 0.772. The normalized spacial score (nSPS) is 14.0. The highest BCUT2D eigenvalue weighted by Crippen LogP contribution is 2.17. The van der Waals surface area contributed by atoms with Crippen LogP contribution in [0.5, 0.6) is 5.75 Å². The van der Waals surface area contributed by atoms with E-state index in [1.165, 1.54) is 0 Å². The van der Waals surface area contributed by atoms with Gasteiger partial charge in [-0.25, -0.2) is 0 Å². The van der Waals surface area contributed by atoms with E-state index >= 15 is 0 Å². The number of aliphatic hydroxyl groups excluding tert-OH is 1. The number of hydrogen-bond acceptors (Lipinski definition) is 3. The molecule has 0 amide bonds. The Kier molecular flexibility index (Phi) is 4.55. The van der Waals surface area contributed by atoms with E-state index in [1.807, 2.05) is 49.4 Å². The van der Waals surface area contributed by atoms with Gasteiger partial charge in [-0.1, -0.05) is 42.5 Å². The molecule has 0 fully saturated rings. The van der Waals surface area contributed by atoms with E-state index in [2.05, 4.69) is 5.32 Å². The van der Waals surface area contributed by atoms with E-state index in [0.717, 1.165) is 11.1 Å². The van der Waals surface area contributed by atoms with Crippen molar-refractivity contribution >= 4 is 0 Å². The Morgan fingerprint density at radius 1 is 0.947 bits per heavy atom. The summed E-state index contributed by atoms with van der Waals surface area (Å²) in [7, 11) is 0. The van der Waals surface area contributed by atoms with Crippen LogP contribution in [0.15, 0.2) is 54.6 Å². The van der Waals surface area contributed by atoms with E-state index < -0.39 is 6.10 Å². The van der Waals surface area contributed by atoms with E-state index in [-0.39, 0.29) is 11.8 Å². The van der Waals surface area contributed by atoms with Gasteiger partial charge in [0.25, 0.3) is 0 Å². The van der Waals surface area contributed by atoms with Crippen LogP contribution in [0.25, 0.3) is 0 Å². The van der Waals surface area contributed by atoms with Crippen molar-refractivity contribution < 1.29 is 10.2 Å². The molecule has 0 saturated heterocycles. The Bertz CT molecular complexity index is 496. The van der Waals surface area contributed by atoms with Gasteiger partial charge in [0.15, 0.2) is 0 Å². The first-order valence-electron chi connectivity index (χ1n) is 6.42. The molecule has 0 spiro atoms. The third kappa shape index (κ3) is 3.81. The summed E-state index contributed by atoms with van der Waals surface area (Å²) in [6.45, 7) is 2.52. The molecular weight excluding hydrogens is 238 g/mol. The van der Waals surface area contributed by atoms with Gasteiger partial charge in [0, 0.05) is 12.6 Å². The lowest BCUT2D eigenvalue weighted by molar-refractivity contribution is 0.171. The molecule has 2 atom stereocenters. The number of hydrogen-bond donors (Lipinski definition) is 3. The van der Waals surface area contributed by atoms with E-state index in [0.29, 0.717) is 6.54 Å². The summed E-state index contributed by atoms with van der Waals surface area (Å²) in [4.78, 5) is 0. The molecule has 2 unspecified atom stereocenters. The van der Waals surface area contributed by atoms with Gasteiger partial charge in [-0.15, -0.1) is 0 Å². The molecule has 2 rings (SSSR count). The molecule has 0 aliphatic heterocycles. The summed E-state index contributed by atoms with van der Waals surface area (Å²) < 4.78 is 0. The van der Waals surface area contributed by atoms with Crippen molar-refractivity contribution in [3.05, 3.63) is 65.7 Å². The summed E-state index contributed by atoms with van der Waals surface area (Å²) >= 11 is 0. The van der Waals surface area contributed by atoms with Gasteiger partial charge in [0.1, 0.15) is 5.75 Å². The largest absolute Gasteiger partial charge is 0.508 e. The second-order valence-electron chi connectivity index (χ2n) is 4.65. The minimum atomic E-state index is -0.513. The maximum Gasteiger partial charge on any atom is 0.115 e. The van der Waals surface area contributed by atoms with Gasteiger partial charge in [-0.2, -0.15) is 0 Å². The highest BCUT2D eigenvalue weighted by molar-refractivity contribution is 5.27. The highest BCUT2D eigenvalue weighted by atomic mass is 16.3. The molecule has 2 aromatic carbocycles. The molecule has 3 heteroatoms. The second kappa shape index (κ2) is 6.36. The Hall–Kier alpha value is -1.84. The van der Waals surface area contributed by atoms with Gasteiger partial charge in [0.05, 0.1) is 6.10 Å². The second-order valence-corrected chi connectivity index (χ2v) is 4.65. The SMILES string of the molecule is CC(NCC(O)c1ccccc1)c1ccc(O)cc1. The Balaban J connectivity index is 1.90.